The summed E-state index contributed by atoms with van der Waals surface area (Å²) in [6, 6.07) is 10.1. The van der Waals surface area contributed by atoms with E-state index in [1.807, 2.05) is 31.2 Å². The number of aromatic nitrogens is 3. The topological polar surface area (TPSA) is 41.6 Å². The third kappa shape index (κ3) is 2.19. The van der Waals surface area contributed by atoms with Crippen molar-refractivity contribution in [3.05, 3.63) is 51.3 Å². The molecule has 19 heavy (non-hydrogen) atoms. The zero-order valence-corrected chi connectivity index (χ0v) is 12.5. The lowest BCUT2D eigenvalue weighted by Gasteiger charge is -2.07. The predicted octanol–water partition coefficient (Wildman–Crippen LogP) is 4.43. The lowest BCUT2D eigenvalue weighted by atomic mass is 10.1. The Morgan fingerprint density at radius 1 is 1.21 bits per heavy atom. The van der Waals surface area contributed by atoms with Gasteiger partial charge in [0.25, 0.3) is 0 Å². The van der Waals surface area contributed by atoms with Crippen LogP contribution < -0.4 is 0 Å². The maximum atomic E-state index is 5.25. The fourth-order valence-electron chi connectivity index (χ4n) is 1.99. The first-order chi connectivity index (χ1) is 9.16. The molecule has 0 fully saturated rings. The minimum Gasteiger partial charge on any atom is -0.341 e. The zero-order valence-electron chi connectivity index (χ0n) is 10.1. The van der Waals surface area contributed by atoms with Gasteiger partial charge in [-0.2, -0.15) is 0 Å². The first-order valence-corrected chi connectivity index (χ1v) is 6.97. The van der Waals surface area contributed by atoms with Crippen molar-refractivity contribution in [3.63, 3.8) is 0 Å². The maximum Gasteiger partial charge on any atom is 0.158 e. The zero-order chi connectivity index (χ0) is 13.4. The second kappa shape index (κ2) is 4.83. The molecule has 0 spiro atoms. The number of H-pyrrole nitrogens is 1. The van der Waals surface area contributed by atoms with Crippen molar-refractivity contribution >= 4 is 38.9 Å². The molecule has 2 heterocycles. The van der Waals surface area contributed by atoms with Gasteiger partial charge in [0.15, 0.2) is 5.82 Å². The fraction of sp³-hybridized carbons (Fsp3) is 0.0714. The summed E-state index contributed by atoms with van der Waals surface area (Å²) in [7, 11) is 0. The molecule has 94 valence electrons. The van der Waals surface area contributed by atoms with Gasteiger partial charge in [0.2, 0.25) is 0 Å². The highest BCUT2D eigenvalue weighted by Crippen LogP contribution is 2.25. The molecule has 0 aliphatic carbocycles. The van der Waals surface area contributed by atoms with Gasteiger partial charge in [0, 0.05) is 17.3 Å². The highest BCUT2D eigenvalue weighted by molar-refractivity contribution is 9.10. The van der Waals surface area contributed by atoms with Crippen molar-refractivity contribution in [2.24, 2.45) is 0 Å². The highest BCUT2D eigenvalue weighted by Gasteiger charge is 2.09. The molecule has 0 radical (unpaired) electrons. The van der Waals surface area contributed by atoms with Crippen molar-refractivity contribution in [2.75, 3.05) is 0 Å². The quantitative estimate of drug-likeness (QED) is 0.671. The van der Waals surface area contributed by atoms with Crippen LogP contribution in [0, 0.1) is 11.6 Å². The number of nitrogens with zero attached hydrogens (tertiary/aromatic N) is 2. The van der Waals surface area contributed by atoms with E-state index in [4.69, 9.17) is 12.2 Å². The lowest BCUT2D eigenvalue weighted by Crippen LogP contribution is -1.96. The Kier molecular flexibility index (Phi) is 3.16. The second-order valence-electron chi connectivity index (χ2n) is 4.21. The predicted molar refractivity (Wildman–Crippen MR) is 82.6 cm³/mol. The minimum absolute atomic E-state index is 0.543. The van der Waals surface area contributed by atoms with E-state index in [2.05, 4.69) is 36.9 Å². The molecule has 0 amide bonds. The summed E-state index contributed by atoms with van der Waals surface area (Å²) in [6.45, 7) is 1.95. The van der Waals surface area contributed by atoms with Gasteiger partial charge in [0.1, 0.15) is 10.3 Å². The smallest absolute Gasteiger partial charge is 0.158 e. The van der Waals surface area contributed by atoms with E-state index in [-0.39, 0.29) is 0 Å². The third-order valence-electron chi connectivity index (χ3n) is 2.93. The van der Waals surface area contributed by atoms with Gasteiger partial charge in [-0.1, -0.05) is 36.5 Å². The molecular weight excluding hydrogens is 322 g/mol. The molecule has 0 atom stereocenters. The average Bonchev–Trinajstić information content (AvgIpc) is 2.43. The van der Waals surface area contributed by atoms with E-state index < -0.39 is 0 Å². The number of hydrogen-bond donors (Lipinski definition) is 1. The molecule has 0 bridgehead atoms. The number of halogens is 1. The number of aryl methyl sites for hydroxylation is 1. The van der Waals surface area contributed by atoms with E-state index >= 15 is 0 Å². The van der Waals surface area contributed by atoms with Crippen LogP contribution in [0.1, 0.15) is 5.69 Å². The van der Waals surface area contributed by atoms with Crippen LogP contribution in [-0.2, 0) is 0 Å². The Labute approximate surface area is 123 Å². The number of hydrogen-bond acceptors (Lipinski definition) is 3. The van der Waals surface area contributed by atoms with Gasteiger partial charge in [-0.15, -0.1) is 0 Å². The number of benzene rings is 1. The molecule has 0 aliphatic rings. The molecule has 1 N–H and O–H groups in total. The Balaban J connectivity index is 2.34. The number of rotatable bonds is 1. The van der Waals surface area contributed by atoms with Crippen molar-refractivity contribution in [2.45, 2.75) is 6.92 Å². The molecular formula is C14H10BrN3S. The van der Waals surface area contributed by atoms with E-state index in [1.54, 1.807) is 6.20 Å². The van der Waals surface area contributed by atoms with Crippen LogP contribution in [0.2, 0.25) is 0 Å². The van der Waals surface area contributed by atoms with E-state index in [9.17, 15) is 0 Å². The minimum atomic E-state index is 0.543. The first kappa shape index (κ1) is 12.4. The van der Waals surface area contributed by atoms with Crippen molar-refractivity contribution in [3.8, 4) is 11.5 Å². The molecule has 5 heteroatoms. The van der Waals surface area contributed by atoms with Gasteiger partial charge in [-0.05, 0) is 34.3 Å². The molecule has 3 nitrogen and oxygen atoms in total. The summed E-state index contributed by atoms with van der Waals surface area (Å²) < 4.78 is 1.37. The van der Waals surface area contributed by atoms with Crippen LogP contribution in [0.4, 0.5) is 0 Å². The van der Waals surface area contributed by atoms with Crippen molar-refractivity contribution < 1.29 is 0 Å². The molecule has 3 aromatic rings. The number of pyridine rings is 1. The monoisotopic (exact) mass is 331 g/mol. The average molecular weight is 332 g/mol. The number of nitrogens with one attached hydrogen (secondary N) is 1. The molecule has 0 unspecified atom stereocenters. The molecule has 3 rings (SSSR count). The molecule has 0 saturated heterocycles. The van der Waals surface area contributed by atoms with Crippen LogP contribution in [0.5, 0.6) is 0 Å². The number of aromatic amines is 1. The van der Waals surface area contributed by atoms with Crippen LogP contribution in [0.15, 0.2) is 41.0 Å². The molecule has 0 saturated carbocycles. The summed E-state index contributed by atoms with van der Waals surface area (Å²) in [5, 5.41) is 2.19. The van der Waals surface area contributed by atoms with Gasteiger partial charge >= 0.3 is 0 Å². The van der Waals surface area contributed by atoms with Crippen LogP contribution >= 0.6 is 28.1 Å². The first-order valence-electron chi connectivity index (χ1n) is 5.77. The third-order valence-corrected chi connectivity index (χ3v) is 4.46. The van der Waals surface area contributed by atoms with Gasteiger partial charge in [0.05, 0.1) is 4.47 Å². The summed E-state index contributed by atoms with van der Waals surface area (Å²) in [5.74, 6) is 0.697. The Hall–Kier alpha value is -1.59. The Morgan fingerprint density at radius 2 is 2.00 bits per heavy atom. The van der Waals surface area contributed by atoms with Crippen LogP contribution in [0.25, 0.3) is 22.3 Å². The molecule has 2 aromatic heterocycles. The number of fused-ring (bicyclic) bond motifs is 1. The van der Waals surface area contributed by atoms with Gasteiger partial charge < -0.3 is 4.98 Å². The molecule has 0 aliphatic heterocycles. The summed E-state index contributed by atoms with van der Waals surface area (Å²) >= 11 is 8.66. The van der Waals surface area contributed by atoms with Gasteiger partial charge in [-0.25, -0.2) is 4.98 Å². The van der Waals surface area contributed by atoms with Crippen molar-refractivity contribution in [1.82, 2.24) is 15.0 Å². The summed E-state index contributed by atoms with van der Waals surface area (Å²) in [4.78, 5) is 12.1. The highest BCUT2D eigenvalue weighted by atomic mass is 79.9. The SMILES string of the molecule is Cc1[nH]c(-c2nccc3ccccc23)nc(=S)c1Br. The normalized spacial score (nSPS) is 10.8. The summed E-state index contributed by atoms with van der Waals surface area (Å²) in [5.41, 5.74) is 1.77. The van der Waals surface area contributed by atoms with Crippen LogP contribution in [0.3, 0.4) is 0 Å². The maximum absolute atomic E-state index is 5.25. The second-order valence-corrected chi connectivity index (χ2v) is 5.39. The van der Waals surface area contributed by atoms with Crippen LogP contribution in [-0.4, -0.2) is 15.0 Å². The van der Waals surface area contributed by atoms with Crippen molar-refractivity contribution in [1.29, 1.82) is 0 Å². The van der Waals surface area contributed by atoms with Gasteiger partial charge in [-0.3, -0.25) is 4.98 Å². The standard InChI is InChI=1S/C14H10BrN3S/c1-8-11(15)14(19)18-13(17-8)12-10-5-3-2-4-9(10)6-7-16-12/h2-7H,1H3,(H,17,18,19). The largest absolute Gasteiger partial charge is 0.341 e. The fourth-order valence-corrected chi connectivity index (χ4v) is 2.42. The van der Waals surface area contributed by atoms with E-state index in [0.717, 1.165) is 26.6 Å². The molecule has 1 aromatic carbocycles. The van der Waals surface area contributed by atoms with E-state index in [1.165, 1.54) is 0 Å². The summed E-state index contributed by atoms with van der Waals surface area (Å²) in [6.07, 6.45) is 1.79. The lowest BCUT2D eigenvalue weighted by molar-refractivity contribution is 1.07. The Morgan fingerprint density at radius 3 is 2.79 bits per heavy atom. The Bertz CT molecular complexity index is 821. The van der Waals surface area contributed by atoms with E-state index in [0.29, 0.717) is 10.5 Å².